The Morgan fingerprint density at radius 2 is 2.25 bits per heavy atom. The van der Waals surface area contributed by atoms with E-state index in [1.54, 1.807) is 14.2 Å². The van der Waals surface area contributed by atoms with Crippen molar-refractivity contribution in [3.05, 3.63) is 33.8 Å². The van der Waals surface area contributed by atoms with Gasteiger partial charge in [-0.2, -0.15) is 5.26 Å². The summed E-state index contributed by atoms with van der Waals surface area (Å²) >= 11 is 3.55. The molecule has 20 heavy (non-hydrogen) atoms. The minimum atomic E-state index is 0.271. The molecular formula is C15H19BrN2O2. The average Bonchev–Trinajstić information content (AvgIpc) is 2.84. The van der Waals surface area contributed by atoms with Gasteiger partial charge in [-0.05, 0) is 24.1 Å². The number of halogens is 1. The van der Waals surface area contributed by atoms with Crippen molar-refractivity contribution < 1.29 is 9.47 Å². The van der Waals surface area contributed by atoms with Gasteiger partial charge in [0.1, 0.15) is 0 Å². The van der Waals surface area contributed by atoms with E-state index in [-0.39, 0.29) is 6.10 Å². The summed E-state index contributed by atoms with van der Waals surface area (Å²) < 4.78 is 11.8. The maximum Gasteiger partial charge on any atom is 0.0992 e. The van der Waals surface area contributed by atoms with Gasteiger partial charge in [0.25, 0.3) is 0 Å². The van der Waals surface area contributed by atoms with E-state index < -0.39 is 0 Å². The van der Waals surface area contributed by atoms with Crippen molar-refractivity contribution in [2.75, 3.05) is 27.4 Å². The summed E-state index contributed by atoms with van der Waals surface area (Å²) in [6, 6.07) is 8.26. The number of nitriles is 1. The minimum Gasteiger partial charge on any atom is -0.383 e. The lowest BCUT2D eigenvalue weighted by Crippen LogP contribution is -2.32. The normalized spacial score (nSPS) is 22.9. The molecule has 2 atom stereocenters. The molecule has 5 heteroatoms. The lowest BCUT2D eigenvalue weighted by atomic mass is 10.1. The Labute approximate surface area is 128 Å². The van der Waals surface area contributed by atoms with Crippen LogP contribution in [0, 0.1) is 11.3 Å². The fraction of sp³-hybridized carbons (Fsp3) is 0.533. The molecule has 1 aromatic carbocycles. The summed E-state index contributed by atoms with van der Waals surface area (Å²) in [6.45, 7) is 2.46. The molecular weight excluding hydrogens is 320 g/mol. The Balaban J connectivity index is 2.09. The predicted molar refractivity (Wildman–Crippen MR) is 80.3 cm³/mol. The first-order chi connectivity index (χ1) is 9.67. The number of methoxy groups -OCH3 is 2. The fourth-order valence-corrected chi connectivity index (χ4v) is 3.14. The second kappa shape index (κ2) is 7.19. The number of ether oxygens (including phenoxy) is 2. The number of nitrogens with zero attached hydrogens (tertiary/aromatic N) is 2. The molecule has 0 bridgehead atoms. The van der Waals surface area contributed by atoms with E-state index in [0.29, 0.717) is 18.2 Å². The van der Waals surface area contributed by atoms with Gasteiger partial charge in [-0.1, -0.05) is 22.0 Å². The van der Waals surface area contributed by atoms with Gasteiger partial charge in [0, 0.05) is 37.8 Å². The molecule has 108 valence electrons. The Kier molecular flexibility index (Phi) is 5.55. The van der Waals surface area contributed by atoms with Gasteiger partial charge >= 0.3 is 0 Å². The van der Waals surface area contributed by atoms with Crippen molar-refractivity contribution in [2.45, 2.75) is 25.1 Å². The van der Waals surface area contributed by atoms with Crippen LogP contribution >= 0.6 is 15.9 Å². The van der Waals surface area contributed by atoms with Crippen molar-refractivity contribution in [2.24, 2.45) is 0 Å². The summed E-state index contributed by atoms with van der Waals surface area (Å²) in [7, 11) is 3.49. The van der Waals surface area contributed by atoms with Crippen LogP contribution in [-0.4, -0.2) is 44.4 Å². The Morgan fingerprint density at radius 1 is 1.45 bits per heavy atom. The second-order valence-corrected chi connectivity index (χ2v) is 5.90. The van der Waals surface area contributed by atoms with Crippen LogP contribution in [-0.2, 0) is 16.0 Å². The van der Waals surface area contributed by atoms with E-state index in [1.807, 2.05) is 18.2 Å². The van der Waals surface area contributed by atoms with E-state index in [9.17, 15) is 0 Å². The molecule has 0 saturated carbocycles. The summed E-state index contributed by atoms with van der Waals surface area (Å²) in [4.78, 5) is 2.38. The van der Waals surface area contributed by atoms with Crippen molar-refractivity contribution in [3.8, 4) is 6.07 Å². The zero-order chi connectivity index (χ0) is 14.5. The van der Waals surface area contributed by atoms with Crippen molar-refractivity contribution >= 4 is 15.9 Å². The highest BCUT2D eigenvalue weighted by atomic mass is 79.9. The van der Waals surface area contributed by atoms with E-state index in [1.165, 1.54) is 5.56 Å². The van der Waals surface area contributed by atoms with Crippen LogP contribution in [0.25, 0.3) is 0 Å². The predicted octanol–water partition coefficient (Wildman–Crippen LogP) is 2.56. The van der Waals surface area contributed by atoms with Crippen LogP contribution in [0.5, 0.6) is 0 Å². The number of likely N-dealkylation sites (tertiary alicyclic amines) is 1. The first kappa shape index (κ1) is 15.5. The lowest BCUT2D eigenvalue weighted by Gasteiger charge is -2.24. The third-order valence-electron chi connectivity index (χ3n) is 3.74. The van der Waals surface area contributed by atoms with Crippen LogP contribution in [0.15, 0.2) is 22.7 Å². The highest BCUT2D eigenvalue weighted by Gasteiger charge is 2.32. The number of hydrogen-bond donors (Lipinski definition) is 0. The van der Waals surface area contributed by atoms with Crippen LogP contribution in [0.1, 0.15) is 17.5 Å². The van der Waals surface area contributed by atoms with Gasteiger partial charge < -0.3 is 9.47 Å². The minimum absolute atomic E-state index is 0.271. The molecule has 1 saturated heterocycles. The van der Waals surface area contributed by atoms with Crippen molar-refractivity contribution in [3.63, 3.8) is 0 Å². The molecule has 1 aliphatic heterocycles. The van der Waals surface area contributed by atoms with E-state index in [2.05, 4.69) is 26.9 Å². The van der Waals surface area contributed by atoms with Gasteiger partial charge in [0.15, 0.2) is 0 Å². The zero-order valence-electron chi connectivity index (χ0n) is 11.8. The fourth-order valence-electron chi connectivity index (χ4n) is 2.63. The van der Waals surface area contributed by atoms with Crippen LogP contribution in [0.4, 0.5) is 0 Å². The first-order valence-corrected chi connectivity index (χ1v) is 7.41. The molecule has 1 fully saturated rings. The summed E-state index contributed by atoms with van der Waals surface area (Å²) in [5.74, 6) is 0. The molecule has 1 heterocycles. The quantitative estimate of drug-likeness (QED) is 0.827. The second-order valence-electron chi connectivity index (χ2n) is 5.05. The summed E-state index contributed by atoms with van der Waals surface area (Å²) in [6.07, 6.45) is 1.27. The van der Waals surface area contributed by atoms with Gasteiger partial charge in [0.05, 0.1) is 24.3 Å². The zero-order valence-corrected chi connectivity index (χ0v) is 13.4. The van der Waals surface area contributed by atoms with Crippen LogP contribution < -0.4 is 0 Å². The maximum absolute atomic E-state index is 8.90. The number of benzene rings is 1. The third-order valence-corrected chi connectivity index (χ3v) is 4.48. The molecule has 0 aliphatic carbocycles. The average molecular weight is 339 g/mol. The molecule has 1 aliphatic rings. The van der Waals surface area contributed by atoms with Gasteiger partial charge in [-0.25, -0.2) is 0 Å². The topological polar surface area (TPSA) is 45.5 Å². The van der Waals surface area contributed by atoms with Crippen molar-refractivity contribution in [1.82, 2.24) is 4.90 Å². The highest BCUT2D eigenvalue weighted by molar-refractivity contribution is 9.10. The Morgan fingerprint density at radius 3 is 2.85 bits per heavy atom. The molecule has 0 N–H and O–H groups in total. The summed E-state index contributed by atoms with van der Waals surface area (Å²) in [5.41, 5.74) is 1.85. The Bertz CT molecular complexity index is 501. The molecule has 0 amide bonds. The molecule has 1 aromatic rings. The van der Waals surface area contributed by atoms with E-state index in [0.717, 1.165) is 24.0 Å². The van der Waals surface area contributed by atoms with Gasteiger partial charge in [-0.3, -0.25) is 4.90 Å². The van der Waals surface area contributed by atoms with E-state index >= 15 is 0 Å². The number of rotatable bonds is 5. The van der Waals surface area contributed by atoms with Gasteiger partial charge in [-0.15, -0.1) is 0 Å². The van der Waals surface area contributed by atoms with Crippen molar-refractivity contribution in [1.29, 1.82) is 5.26 Å². The van der Waals surface area contributed by atoms with Crippen LogP contribution in [0.3, 0.4) is 0 Å². The molecule has 0 aromatic heterocycles. The first-order valence-electron chi connectivity index (χ1n) is 6.62. The molecule has 0 spiro atoms. The third kappa shape index (κ3) is 3.58. The molecule has 0 radical (unpaired) electrons. The van der Waals surface area contributed by atoms with E-state index in [4.69, 9.17) is 14.7 Å². The SMILES string of the molecule is COC[C@@H]1C[C@H](OC)CN1Cc1ccc(C#N)cc1Br. The van der Waals surface area contributed by atoms with Gasteiger partial charge in [0.2, 0.25) is 0 Å². The molecule has 2 rings (SSSR count). The molecule has 4 nitrogen and oxygen atoms in total. The van der Waals surface area contributed by atoms with Crippen LogP contribution in [0.2, 0.25) is 0 Å². The summed E-state index contributed by atoms with van der Waals surface area (Å²) in [5, 5.41) is 8.90. The largest absolute Gasteiger partial charge is 0.383 e. The smallest absolute Gasteiger partial charge is 0.0992 e. The highest BCUT2D eigenvalue weighted by Crippen LogP contribution is 2.26. The molecule has 0 unspecified atom stereocenters. The lowest BCUT2D eigenvalue weighted by molar-refractivity contribution is 0.106. The Hall–Kier alpha value is -0.930. The monoisotopic (exact) mass is 338 g/mol. The maximum atomic E-state index is 8.90. The number of hydrogen-bond acceptors (Lipinski definition) is 4. The standard InChI is InChI=1S/C15H19BrN2O2/c1-19-10-13-6-14(20-2)9-18(13)8-12-4-3-11(7-17)5-15(12)16/h3-5,13-14H,6,8-10H2,1-2H3/t13-,14-/m0/s1.